The summed E-state index contributed by atoms with van der Waals surface area (Å²) in [6, 6.07) is 20.7. The van der Waals surface area contributed by atoms with Crippen molar-refractivity contribution < 1.29 is 0 Å². The van der Waals surface area contributed by atoms with E-state index in [1.807, 2.05) is 48.8 Å². The zero-order chi connectivity index (χ0) is 24.9. The molecule has 0 fully saturated rings. The first-order valence-corrected chi connectivity index (χ1v) is 13.6. The molecule has 0 aliphatic heterocycles. The Bertz CT molecular complexity index is 1490. The second-order valence-corrected chi connectivity index (χ2v) is 11.9. The lowest BCUT2D eigenvalue weighted by atomic mass is 10.3. The van der Waals surface area contributed by atoms with Gasteiger partial charge in [-0.05, 0) is 10.4 Å². The Hall–Kier alpha value is -5.02. The molecule has 37 heavy (non-hydrogen) atoms. The zero-order valence-electron chi connectivity index (χ0n) is 19.6. The first-order valence-electron chi connectivity index (χ1n) is 11.6. The molecule has 0 N–H and O–H groups in total. The highest BCUT2D eigenvalue weighted by molar-refractivity contribution is 7.19. The van der Waals surface area contributed by atoms with Gasteiger partial charge in [-0.2, -0.15) is 0 Å². The summed E-state index contributed by atoms with van der Waals surface area (Å²) >= 11 is 0. The summed E-state index contributed by atoms with van der Waals surface area (Å²) in [5.41, 5.74) is 2.60. The molecule has 176 valence electrons. The Balaban J connectivity index is 1.68. The maximum absolute atomic E-state index is 5.15. The van der Waals surface area contributed by atoms with E-state index in [1.165, 1.54) is 0 Å². The second-order valence-electron chi connectivity index (χ2n) is 8.24. The van der Waals surface area contributed by atoms with Crippen molar-refractivity contribution in [2.24, 2.45) is 0 Å². The van der Waals surface area contributed by atoms with Crippen molar-refractivity contribution in [3.05, 3.63) is 123 Å². The Morgan fingerprint density at radius 2 is 0.838 bits per heavy atom. The van der Waals surface area contributed by atoms with Crippen LogP contribution in [0.5, 0.6) is 0 Å². The average Bonchev–Trinajstić information content (AvgIpc) is 3.00. The van der Waals surface area contributed by atoms with E-state index in [1.54, 1.807) is 49.6 Å². The number of hydrogen-bond donors (Lipinski definition) is 0. The fourth-order valence-electron chi connectivity index (χ4n) is 4.47. The summed E-state index contributed by atoms with van der Waals surface area (Å²) in [5, 5.41) is 3.85. The molecule has 6 aromatic rings. The molecule has 0 saturated carbocycles. The lowest BCUT2D eigenvalue weighted by Gasteiger charge is -2.31. The third-order valence-electron chi connectivity index (χ3n) is 6.10. The molecular weight excluding hydrogens is 476 g/mol. The summed E-state index contributed by atoms with van der Waals surface area (Å²) in [6.45, 7) is 0. The van der Waals surface area contributed by atoms with Crippen LogP contribution in [-0.2, 0) is 0 Å². The monoisotopic (exact) mass is 496 g/mol. The van der Waals surface area contributed by atoms with Gasteiger partial charge in [-0.15, -0.1) is 0 Å². The summed E-state index contributed by atoms with van der Waals surface area (Å²) in [4.78, 5) is 36.9. The predicted octanol–water partition coefficient (Wildman–Crippen LogP) is 1.56. The maximum atomic E-state index is 5.15. The normalized spacial score (nSPS) is 11.2. The maximum Gasteiger partial charge on any atom is 0.227 e. The van der Waals surface area contributed by atoms with Gasteiger partial charge in [0.1, 0.15) is 22.8 Å². The summed E-state index contributed by atoms with van der Waals surface area (Å²) < 4.78 is 0. The van der Waals surface area contributed by atoms with Crippen molar-refractivity contribution in [1.29, 1.82) is 0 Å². The molecule has 0 unspecified atom stereocenters. The molecule has 4 heterocycles. The molecule has 2 aromatic carbocycles. The van der Waals surface area contributed by atoms with Gasteiger partial charge in [0.25, 0.3) is 0 Å². The van der Waals surface area contributed by atoms with Crippen molar-refractivity contribution in [1.82, 2.24) is 39.9 Å². The molecule has 0 amide bonds. The van der Waals surface area contributed by atoms with Crippen LogP contribution >= 0.6 is 0 Å². The topological polar surface area (TPSA) is 103 Å². The average molecular weight is 497 g/mol. The Morgan fingerprint density at radius 3 is 1.24 bits per heavy atom. The fraction of sp³-hybridized carbons (Fsp3) is 0. The summed E-state index contributed by atoms with van der Waals surface area (Å²) in [5.74, 6) is 0. The number of benzene rings is 2. The lowest BCUT2D eigenvalue weighted by Crippen LogP contribution is -2.76. The summed E-state index contributed by atoms with van der Waals surface area (Å²) in [6.07, 6.45) is 17.1. The number of hydrogen-bond acceptors (Lipinski definition) is 8. The van der Waals surface area contributed by atoms with Crippen molar-refractivity contribution in [3.63, 3.8) is 0 Å². The zero-order valence-corrected chi connectivity index (χ0v) is 20.6. The van der Waals surface area contributed by atoms with Gasteiger partial charge >= 0.3 is 0 Å². The van der Waals surface area contributed by atoms with E-state index >= 15 is 0 Å². The van der Waals surface area contributed by atoms with E-state index < -0.39 is 8.07 Å². The molecule has 0 radical (unpaired) electrons. The van der Waals surface area contributed by atoms with Gasteiger partial charge in [-0.1, -0.05) is 60.7 Å². The minimum atomic E-state index is -3.07. The lowest BCUT2D eigenvalue weighted by molar-refractivity contribution is 1.15. The van der Waals surface area contributed by atoms with Gasteiger partial charge in [0.2, 0.25) is 8.07 Å². The van der Waals surface area contributed by atoms with Crippen LogP contribution in [0.3, 0.4) is 0 Å². The first-order chi connectivity index (χ1) is 18.4. The van der Waals surface area contributed by atoms with Crippen LogP contribution in [0.15, 0.2) is 123 Å². The van der Waals surface area contributed by atoms with E-state index in [-0.39, 0.29) is 0 Å². The van der Waals surface area contributed by atoms with Crippen LogP contribution in [0.4, 0.5) is 0 Å². The van der Waals surface area contributed by atoms with E-state index in [9.17, 15) is 0 Å². The number of nitrogens with zero attached hydrogens (tertiary/aromatic N) is 8. The van der Waals surface area contributed by atoms with Gasteiger partial charge in [0.15, 0.2) is 0 Å². The van der Waals surface area contributed by atoms with E-state index in [2.05, 4.69) is 54.2 Å². The van der Waals surface area contributed by atoms with Crippen LogP contribution in [0.1, 0.15) is 0 Å². The van der Waals surface area contributed by atoms with E-state index in [4.69, 9.17) is 9.97 Å². The molecular formula is C28H20N8Si. The predicted molar refractivity (Wildman–Crippen MR) is 143 cm³/mol. The van der Waals surface area contributed by atoms with Gasteiger partial charge < -0.3 is 0 Å². The number of rotatable bonds is 6. The molecule has 0 aliphatic carbocycles. The van der Waals surface area contributed by atoms with E-state index in [0.29, 0.717) is 22.8 Å². The highest BCUT2D eigenvalue weighted by Gasteiger charge is 2.45. The van der Waals surface area contributed by atoms with Crippen LogP contribution in [0.25, 0.3) is 22.8 Å². The molecule has 0 atom stereocenters. The Morgan fingerprint density at radius 1 is 0.405 bits per heavy atom. The smallest absolute Gasteiger partial charge is 0.227 e. The molecule has 0 saturated heterocycles. The Labute approximate surface area is 214 Å². The van der Waals surface area contributed by atoms with Gasteiger partial charge in [-0.25, -0.2) is 0 Å². The van der Waals surface area contributed by atoms with Crippen molar-refractivity contribution in [3.8, 4) is 22.8 Å². The van der Waals surface area contributed by atoms with Crippen LogP contribution in [-0.4, -0.2) is 47.9 Å². The molecule has 0 aliphatic rings. The van der Waals surface area contributed by atoms with Crippen LogP contribution in [0.2, 0.25) is 0 Å². The van der Waals surface area contributed by atoms with Crippen LogP contribution < -0.4 is 21.0 Å². The van der Waals surface area contributed by atoms with Crippen molar-refractivity contribution in [2.45, 2.75) is 0 Å². The van der Waals surface area contributed by atoms with Crippen molar-refractivity contribution >= 4 is 29.1 Å². The van der Waals surface area contributed by atoms with Crippen LogP contribution in [0, 0.1) is 0 Å². The largest absolute Gasteiger partial charge is 0.261 e. The molecule has 8 nitrogen and oxygen atoms in total. The quantitative estimate of drug-likeness (QED) is 0.320. The third-order valence-corrected chi connectivity index (χ3v) is 10.5. The SMILES string of the molecule is c1ccc([Si](c2ccccc2)(c2cncc(-c3cnccn3)n2)c2cncc(-c3cnccn3)n2)cc1. The minimum Gasteiger partial charge on any atom is -0.261 e. The molecule has 9 heteroatoms. The fourth-order valence-corrected chi connectivity index (χ4v) is 8.74. The molecule has 4 aromatic heterocycles. The van der Waals surface area contributed by atoms with Crippen molar-refractivity contribution in [2.75, 3.05) is 0 Å². The van der Waals surface area contributed by atoms with E-state index in [0.717, 1.165) is 21.0 Å². The molecule has 0 spiro atoms. The number of aromatic nitrogens is 8. The standard InChI is InChI=1S/C28H20N8Si/c1-3-7-21(8-4-1)37(22-9-5-2-6-10-22,27-19-31-17-25(35-27)23-15-29-11-13-33-23)28-20-32-18-26(36-28)24-16-30-12-14-34-24/h1-20H. The van der Waals surface area contributed by atoms with Gasteiger partial charge in [0.05, 0.1) is 35.4 Å². The first kappa shape index (κ1) is 22.4. The molecule has 0 bridgehead atoms. The minimum absolute atomic E-state index is 0.646. The third kappa shape index (κ3) is 4.17. The van der Waals surface area contributed by atoms with Gasteiger partial charge in [-0.3, -0.25) is 39.9 Å². The highest BCUT2D eigenvalue weighted by atomic mass is 28.3. The summed E-state index contributed by atoms with van der Waals surface area (Å²) in [7, 11) is -3.07. The van der Waals surface area contributed by atoms with Gasteiger partial charge in [0, 0.05) is 37.2 Å². The highest BCUT2D eigenvalue weighted by Crippen LogP contribution is 2.14. The molecule has 6 rings (SSSR count). The Kier molecular flexibility index (Phi) is 6.02. The second kappa shape index (κ2) is 9.92.